The van der Waals surface area contributed by atoms with Crippen LogP contribution in [-0.4, -0.2) is 50.9 Å². The Balaban J connectivity index is 1.56. The number of rotatable bonds is 5. The number of alkyl halides is 3. The molecule has 2 atom stereocenters. The van der Waals surface area contributed by atoms with Crippen molar-refractivity contribution in [3.63, 3.8) is 0 Å². The fourth-order valence-electron chi connectivity index (χ4n) is 2.61. The molecule has 0 aliphatic carbocycles. The molecular formula is C16H16F3N3O5. The number of pyridine rings is 1. The molecule has 0 spiro atoms. The molecule has 0 radical (unpaired) electrons. The Morgan fingerprint density at radius 2 is 2.22 bits per heavy atom. The summed E-state index contributed by atoms with van der Waals surface area (Å²) in [6, 6.07) is 1.95. The van der Waals surface area contributed by atoms with E-state index >= 15 is 0 Å². The molecule has 11 heteroatoms. The molecular weight excluding hydrogens is 371 g/mol. The maximum atomic E-state index is 12.4. The summed E-state index contributed by atoms with van der Waals surface area (Å²) in [6.07, 6.45) is -2.64. The number of aliphatic hydroxyl groups is 1. The third-order valence-corrected chi connectivity index (χ3v) is 4.04. The van der Waals surface area contributed by atoms with E-state index in [4.69, 9.17) is 9.15 Å². The van der Waals surface area contributed by atoms with E-state index in [0.29, 0.717) is 13.0 Å². The van der Waals surface area contributed by atoms with Crippen LogP contribution in [0.3, 0.4) is 0 Å². The van der Waals surface area contributed by atoms with Crippen molar-refractivity contribution in [2.45, 2.75) is 38.5 Å². The van der Waals surface area contributed by atoms with Gasteiger partial charge in [0.05, 0.1) is 18.3 Å². The Morgan fingerprint density at radius 1 is 1.44 bits per heavy atom. The molecule has 1 aliphatic rings. The van der Waals surface area contributed by atoms with Gasteiger partial charge < -0.3 is 23.9 Å². The van der Waals surface area contributed by atoms with Crippen molar-refractivity contribution in [2.75, 3.05) is 6.54 Å². The highest BCUT2D eigenvalue weighted by molar-refractivity contribution is 5.92. The maximum absolute atomic E-state index is 12.4. The van der Waals surface area contributed by atoms with Crippen LogP contribution in [0, 0.1) is 0 Å². The molecule has 1 aliphatic heterocycles. The van der Waals surface area contributed by atoms with Crippen LogP contribution in [0.4, 0.5) is 13.2 Å². The van der Waals surface area contributed by atoms with Gasteiger partial charge in [0.25, 0.3) is 5.91 Å². The first kappa shape index (κ1) is 19.0. The van der Waals surface area contributed by atoms with E-state index in [-0.39, 0.29) is 35.9 Å². The van der Waals surface area contributed by atoms with Gasteiger partial charge in [-0.2, -0.15) is 0 Å². The predicted octanol–water partition coefficient (Wildman–Crippen LogP) is 2.14. The summed E-state index contributed by atoms with van der Waals surface area (Å²) in [5.41, 5.74) is 0.0848. The second kappa shape index (κ2) is 7.43. The summed E-state index contributed by atoms with van der Waals surface area (Å²) in [5.74, 6) is -0.682. The summed E-state index contributed by atoms with van der Waals surface area (Å²) in [7, 11) is 0. The number of oxazole rings is 1. The Kier molecular flexibility index (Phi) is 5.22. The highest BCUT2D eigenvalue weighted by atomic mass is 19.4. The molecule has 2 aromatic heterocycles. The zero-order valence-electron chi connectivity index (χ0n) is 14.1. The number of carbonyl (C=O) groups excluding carboxylic acids is 1. The highest BCUT2D eigenvalue weighted by Gasteiger charge is 2.34. The topological polar surface area (TPSA) is 97.9 Å². The van der Waals surface area contributed by atoms with Crippen molar-refractivity contribution >= 4 is 5.91 Å². The van der Waals surface area contributed by atoms with Gasteiger partial charge in [-0.05, 0) is 19.4 Å². The lowest BCUT2D eigenvalue weighted by molar-refractivity contribution is -0.276. The van der Waals surface area contributed by atoms with Gasteiger partial charge in [0.2, 0.25) is 11.8 Å². The Morgan fingerprint density at radius 3 is 2.81 bits per heavy atom. The smallest absolute Gasteiger partial charge is 0.482 e. The van der Waals surface area contributed by atoms with Crippen molar-refractivity contribution in [3.05, 3.63) is 36.2 Å². The molecule has 1 amide bonds. The van der Waals surface area contributed by atoms with Gasteiger partial charge in [0.15, 0.2) is 12.3 Å². The van der Waals surface area contributed by atoms with Gasteiger partial charge in [-0.15, -0.1) is 13.2 Å². The summed E-state index contributed by atoms with van der Waals surface area (Å²) in [5, 5.41) is 9.73. The van der Waals surface area contributed by atoms with Crippen LogP contribution in [0.1, 0.15) is 29.7 Å². The number of halogens is 3. The maximum Gasteiger partial charge on any atom is 0.574 e. The fraction of sp³-hybridized carbons (Fsp3) is 0.438. The lowest BCUT2D eigenvalue weighted by atomic mass is 10.2. The summed E-state index contributed by atoms with van der Waals surface area (Å²) >= 11 is 0. The van der Waals surface area contributed by atoms with Crippen LogP contribution in [0.5, 0.6) is 11.6 Å². The lowest BCUT2D eigenvalue weighted by Crippen LogP contribution is -2.37. The van der Waals surface area contributed by atoms with E-state index in [0.717, 1.165) is 12.3 Å². The van der Waals surface area contributed by atoms with E-state index in [1.165, 1.54) is 17.2 Å². The van der Waals surface area contributed by atoms with Gasteiger partial charge >= 0.3 is 6.36 Å². The molecule has 1 N–H and O–H groups in total. The van der Waals surface area contributed by atoms with Crippen LogP contribution in [0.2, 0.25) is 0 Å². The first-order valence-electron chi connectivity index (χ1n) is 8.01. The lowest BCUT2D eigenvalue weighted by Gasteiger charge is -2.21. The van der Waals surface area contributed by atoms with Gasteiger partial charge in [0, 0.05) is 12.6 Å². The van der Waals surface area contributed by atoms with E-state index in [2.05, 4.69) is 14.7 Å². The van der Waals surface area contributed by atoms with Crippen LogP contribution in [0.15, 0.2) is 29.0 Å². The average Bonchev–Trinajstić information content (AvgIpc) is 3.20. The molecule has 2 aromatic rings. The number of ether oxygens (including phenoxy) is 2. The SMILES string of the molecule is C[C@@H]1[C@@H](O)CCN1C(=O)c1coc(COc2ccc(OC(F)(F)F)nc2)n1. The minimum atomic E-state index is -4.82. The first-order chi connectivity index (χ1) is 12.7. The number of carbonyl (C=O) groups is 1. The van der Waals surface area contributed by atoms with E-state index in [1.54, 1.807) is 6.92 Å². The number of aliphatic hydroxyl groups excluding tert-OH is 1. The van der Waals surface area contributed by atoms with Crippen molar-refractivity contribution in [1.82, 2.24) is 14.9 Å². The molecule has 27 heavy (non-hydrogen) atoms. The monoisotopic (exact) mass is 387 g/mol. The van der Waals surface area contributed by atoms with E-state index in [1.807, 2.05) is 0 Å². The molecule has 8 nitrogen and oxygen atoms in total. The zero-order chi connectivity index (χ0) is 19.6. The van der Waals surface area contributed by atoms with Crippen LogP contribution >= 0.6 is 0 Å². The van der Waals surface area contributed by atoms with Gasteiger partial charge in [-0.1, -0.05) is 0 Å². The van der Waals surface area contributed by atoms with Crippen molar-refractivity contribution < 1.29 is 37.0 Å². The second-order valence-corrected chi connectivity index (χ2v) is 5.89. The highest BCUT2D eigenvalue weighted by Crippen LogP contribution is 2.23. The summed E-state index contributed by atoms with van der Waals surface area (Å²) in [6.45, 7) is 2.03. The third-order valence-electron chi connectivity index (χ3n) is 4.04. The van der Waals surface area contributed by atoms with Crippen LogP contribution in [-0.2, 0) is 6.61 Å². The number of hydrogen-bond donors (Lipinski definition) is 1. The third kappa shape index (κ3) is 4.67. The minimum absolute atomic E-state index is 0.0848. The Bertz CT molecular complexity index is 793. The molecule has 3 rings (SSSR count). The molecule has 0 bridgehead atoms. The molecule has 0 unspecified atom stereocenters. The molecule has 0 saturated carbocycles. The minimum Gasteiger partial charge on any atom is -0.482 e. The van der Waals surface area contributed by atoms with E-state index in [9.17, 15) is 23.1 Å². The predicted molar refractivity (Wildman–Crippen MR) is 82.9 cm³/mol. The molecule has 146 valence electrons. The van der Waals surface area contributed by atoms with Crippen molar-refractivity contribution in [2.24, 2.45) is 0 Å². The Labute approximate surface area is 151 Å². The number of aromatic nitrogens is 2. The zero-order valence-corrected chi connectivity index (χ0v) is 14.1. The van der Waals surface area contributed by atoms with Crippen molar-refractivity contribution in [3.8, 4) is 11.6 Å². The normalized spacial score (nSPS) is 20.0. The van der Waals surface area contributed by atoms with Gasteiger partial charge in [-0.25, -0.2) is 9.97 Å². The summed E-state index contributed by atoms with van der Waals surface area (Å²) < 4.78 is 50.4. The largest absolute Gasteiger partial charge is 0.574 e. The molecule has 1 fully saturated rings. The molecule has 1 saturated heterocycles. The van der Waals surface area contributed by atoms with E-state index < -0.39 is 18.3 Å². The number of amides is 1. The Hall–Kier alpha value is -2.82. The van der Waals surface area contributed by atoms with Crippen molar-refractivity contribution in [1.29, 1.82) is 0 Å². The van der Waals surface area contributed by atoms with Crippen LogP contribution in [0.25, 0.3) is 0 Å². The van der Waals surface area contributed by atoms with Gasteiger partial charge in [0.1, 0.15) is 12.0 Å². The first-order valence-corrected chi connectivity index (χ1v) is 8.01. The standard InChI is InChI=1S/C16H16F3N3O5/c1-9-12(23)4-5-22(9)15(24)11-7-26-14(21-11)8-25-10-2-3-13(20-6-10)27-16(17,18)19/h2-3,6-7,9,12,23H,4-5,8H2,1H3/t9-,12+/m1/s1. The quantitative estimate of drug-likeness (QED) is 0.839. The number of nitrogens with zero attached hydrogens (tertiary/aromatic N) is 3. The number of hydrogen-bond acceptors (Lipinski definition) is 7. The summed E-state index contributed by atoms with van der Waals surface area (Å²) in [4.78, 5) is 21.4. The molecule has 0 aromatic carbocycles. The van der Waals surface area contributed by atoms with Gasteiger partial charge in [-0.3, -0.25) is 4.79 Å². The van der Waals surface area contributed by atoms with Crippen LogP contribution < -0.4 is 9.47 Å². The number of likely N-dealkylation sites (tertiary alicyclic amines) is 1. The molecule has 3 heterocycles. The fourth-order valence-corrected chi connectivity index (χ4v) is 2.61. The second-order valence-electron chi connectivity index (χ2n) is 5.89. The average molecular weight is 387 g/mol.